The average molecular weight is 1430 g/mol. The molecule has 0 unspecified atom stereocenters. The zero-order chi connectivity index (χ0) is 73.2. The summed E-state index contributed by atoms with van der Waals surface area (Å²) in [5.74, 6) is 1.43. The van der Waals surface area contributed by atoms with Crippen LogP contribution in [0, 0.1) is 0 Å². The van der Waals surface area contributed by atoms with Crippen LogP contribution in [-0.4, -0.2) is 36.1 Å². The highest BCUT2D eigenvalue weighted by Gasteiger charge is 2.51. The number of nitrogens with zero attached hydrogens (tertiary/aromatic N) is 4. The Bertz CT molecular complexity index is 6150. The van der Waals surface area contributed by atoms with Gasteiger partial charge in [-0.2, -0.15) is 0 Å². The highest BCUT2D eigenvalue weighted by molar-refractivity contribution is 7.23. The molecule has 2 aliphatic heterocycles. The van der Waals surface area contributed by atoms with Crippen LogP contribution < -0.4 is 41.5 Å². The van der Waals surface area contributed by atoms with Crippen LogP contribution in [0.25, 0.3) is 135 Å². The molecule has 0 fully saturated rings. The maximum absolute atomic E-state index is 5.13. The fourth-order valence-corrected chi connectivity index (χ4v) is 27.8. The molecule has 0 N–H and O–H groups in total. The SMILES string of the molecule is c1ccc(-c2cc(-c3ccc(-c4ccc(-c5cccc6c5[Si](c5ccccc5)(c5ccccc5)c5ccccc5-6)cc4)cc3)nc(-c3ccccc3)n2)cc1.c1ccc(-c2cc(-c3ccccc3)nc(-c3cccc(-c4cccc(-c5cccc6c5[Si](c5ccccc5)(c5ccccc5)c5ccccc5-6)c4)c3)n2)cc1. The van der Waals surface area contributed by atoms with Crippen molar-refractivity contribution in [2.75, 3.05) is 0 Å². The quantitative estimate of drug-likeness (QED) is 0.102. The molecule has 0 spiro atoms. The largest absolute Gasteiger partial charge is 0.228 e. The van der Waals surface area contributed by atoms with Crippen LogP contribution in [0.4, 0.5) is 0 Å². The molecule has 110 heavy (non-hydrogen) atoms. The van der Waals surface area contributed by atoms with Crippen molar-refractivity contribution < 1.29 is 0 Å². The summed E-state index contributed by atoms with van der Waals surface area (Å²) in [6.45, 7) is 0. The third-order valence-corrected chi connectivity index (χ3v) is 31.8. The molecule has 0 saturated carbocycles. The molecular formula is C104H72N4Si2. The predicted octanol–water partition coefficient (Wildman–Crippen LogP) is 20.3. The van der Waals surface area contributed by atoms with E-state index >= 15 is 0 Å². The zero-order valence-corrected chi connectivity index (χ0v) is 62.4. The minimum absolute atomic E-state index is 0.707. The minimum atomic E-state index is -2.69. The molecule has 16 aromatic carbocycles. The number of fused-ring (bicyclic) bond motifs is 6. The van der Waals surface area contributed by atoms with Crippen LogP contribution in [0.5, 0.6) is 0 Å². The lowest BCUT2D eigenvalue weighted by atomic mass is 9.95. The molecule has 4 heterocycles. The second-order valence-corrected chi connectivity index (χ2v) is 35.6. The fraction of sp³-hybridized carbons (Fsp3) is 0. The van der Waals surface area contributed by atoms with E-state index < -0.39 is 16.1 Å². The molecule has 0 amide bonds. The van der Waals surface area contributed by atoms with E-state index in [-0.39, 0.29) is 0 Å². The summed E-state index contributed by atoms with van der Waals surface area (Å²) in [6.07, 6.45) is 0. The lowest BCUT2D eigenvalue weighted by molar-refractivity contribution is 1.18. The number of aromatic nitrogens is 4. The fourth-order valence-electron chi connectivity index (χ4n) is 17.0. The van der Waals surface area contributed by atoms with E-state index in [1.807, 2.05) is 48.5 Å². The molecule has 2 aliphatic rings. The Morgan fingerprint density at radius 1 is 0.145 bits per heavy atom. The van der Waals surface area contributed by atoms with Gasteiger partial charge in [-0.25, -0.2) is 19.9 Å². The number of benzene rings is 16. The van der Waals surface area contributed by atoms with Crippen molar-refractivity contribution >= 4 is 57.6 Å². The van der Waals surface area contributed by atoms with Gasteiger partial charge in [-0.1, -0.05) is 413 Å². The summed E-state index contributed by atoms with van der Waals surface area (Å²) in [5, 5.41) is 11.5. The van der Waals surface area contributed by atoms with Crippen molar-refractivity contribution in [2.45, 2.75) is 0 Å². The number of hydrogen-bond acceptors (Lipinski definition) is 4. The first-order valence-electron chi connectivity index (χ1n) is 37.7. The summed E-state index contributed by atoms with van der Waals surface area (Å²) in [6, 6.07) is 158. The summed E-state index contributed by atoms with van der Waals surface area (Å²) in [5.41, 5.74) is 24.9. The van der Waals surface area contributed by atoms with Crippen molar-refractivity contribution in [2.24, 2.45) is 0 Å². The van der Waals surface area contributed by atoms with Crippen LogP contribution in [-0.2, 0) is 0 Å². The Labute approximate surface area is 644 Å². The van der Waals surface area contributed by atoms with Gasteiger partial charge in [-0.05, 0) is 133 Å². The maximum Gasteiger partial charge on any atom is 0.181 e. The van der Waals surface area contributed by atoms with Gasteiger partial charge in [0.05, 0.1) is 22.8 Å². The molecule has 0 bridgehead atoms. The molecule has 0 aliphatic carbocycles. The highest BCUT2D eigenvalue weighted by atomic mass is 28.3. The normalized spacial score (nSPS) is 12.5. The molecule has 516 valence electrons. The van der Waals surface area contributed by atoms with E-state index in [0.29, 0.717) is 5.82 Å². The molecule has 4 nitrogen and oxygen atoms in total. The Morgan fingerprint density at radius 3 is 0.782 bits per heavy atom. The minimum Gasteiger partial charge on any atom is -0.228 e. The van der Waals surface area contributed by atoms with E-state index in [4.69, 9.17) is 19.9 Å². The number of rotatable bonds is 14. The number of hydrogen-bond donors (Lipinski definition) is 0. The smallest absolute Gasteiger partial charge is 0.181 e. The zero-order valence-electron chi connectivity index (χ0n) is 60.4. The van der Waals surface area contributed by atoms with Gasteiger partial charge >= 0.3 is 0 Å². The Kier molecular flexibility index (Phi) is 17.7. The Hall–Kier alpha value is -13.9. The average Bonchev–Trinajstić information content (AvgIpc) is 1.53. The van der Waals surface area contributed by atoms with Crippen molar-refractivity contribution in [1.82, 2.24) is 19.9 Å². The third-order valence-electron chi connectivity index (χ3n) is 22.0. The Morgan fingerprint density at radius 2 is 0.391 bits per heavy atom. The monoisotopic (exact) mass is 1430 g/mol. The molecule has 6 heteroatoms. The van der Waals surface area contributed by atoms with Crippen molar-refractivity contribution in [1.29, 1.82) is 0 Å². The van der Waals surface area contributed by atoms with Crippen LogP contribution in [0.1, 0.15) is 0 Å². The lowest BCUT2D eigenvalue weighted by Gasteiger charge is -2.33. The van der Waals surface area contributed by atoms with E-state index in [1.54, 1.807) is 0 Å². The van der Waals surface area contributed by atoms with E-state index in [9.17, 15) is 0 Å². The lowest BCUT2D eigenvalue weighted by Crippen LogP contribution is -2.73. The van der Waals surface area contributed by atoms with Crippen LogP contribution >= 0.6 is 0 Å². The second-order valence-electron chi connectivity index (χ2n) is 28.2. The van der Waals surface area contributed by atoms with Gasteiger partial charge in [0, 0.05) is 33.4 Å². The van der Waals surface area contributed by atoms with Gasteiger partial charge in [0.15, 0.2) is 27.8 Å². The van der Waals surface area contributed by atoms with Gasteiger partial charge in [0.1, 0.15) is 0 Å². The van der Waals surface area contributed by atoms with Gasteiger partial charge in [-0.15, -0.1) is 0 Å². The topological polar surface area (TPSA) is 51.6 Å². The van der Waals surface area contributed by atoms with Gasteiger partial charge in [0.25, 0.3) is 0 Å². The second kappa shape index (κ2) is 29.1. The van der Waals surface area contributed by atoms with E-state index in [0.717, 1.165) is 73.1 Å². The molecular weight excluding hydrogens is 1360 g/mol. The molecule has 2 aromatic heterocycles. The summed E-state index contributed by atoms with van der Waals surface area (Å²) in [7, 11) is -5.32. The van der Waals surface area contributed by atoms with Gasteiger partial charge in [-0.3, -0.25) is 0 Å². The molecule has 20 rings (SSSR count). The van der Waals surface area contributed by atoms with Gasteiger partial charge < -0.3 is 0 Å². The standard InChI is InChI=1S/2C52H36N2Si/c1-5-18-37(19-6-1)48-36-49(38-20-7-2-8-21-38)54-52(53-48)42-25-16-23-40(35-42)39-22-15-24-41(34-39)45-31-17-32-47-46-30-13-14-33-50(46)55(51(45)47,43-26-9-3-10-27-43)44-28-11-4-12-29-44;1-5-16-40(17-6-1)48-36-49(54-52(53-48)42-18-7-2-8-19-42)41-34-30-38(31-35-41)37-28-32-39(33-29-37)45-25-15-26-47-46-24-13-14-27-50(46)55(51(45)47,43-20-9-3-10-21-43)44-22-11-4-12-23-44/h2*1-36H. The third kappa shape index (κ3) is 12.1. The van der Waals surface area contributed by atoms with Crippen LogP contribution in [0.15, 0.2) is 437 Å². The first kappa shape index (κ1) is 66.8. The molecule has 0 atom stereocenters. The molecule has 18 aromatic rings. The molecule has 0 saturated heterocycles. The van der Waals surface area contributed by atoms with Crippen molar-refractivity contribution in [3.63, 3.8) is 0 Å². The predicted molar refractivity (Wildman–Crippen MR) is 464 cm³/mol. The molecule has 0 radical (unpaired) electrons. The van der Waals surface area contributed by atoms with Crippen molar-refractivity contribution in [3.05, 3.63) is 437 Å². The van der Waals surface area contributed by atoms with E-state index in [1.165, 1.54) is 97.1 Å². The summed E-state index contributed by atoms with van der Waals surface area (Å²) in [4.78, 5) is 20.3. The highest BCUT2D eigenvalue weighted by Crippen LogP contribution is 2.39. The summed E-state index contributed by atoms with van der Waals surface area (Å²) < 4.78 is 0. The van der Waals surface area contributed by atoms with Gasteiger partial charge in [0.2, 0.25) is 0 Å². The van der Waals surface area contributed by atoms with E-state index in [2.05, 4.69) is 388 Å². The van der Waals surface area contributed by atoms with Crippen LogP contribution in [0.2, 0.25) is 0 Å². The Balaban J connectivity index is 0.000000149. The summed E-state index contributed by atoms with van der Waals surface area (Å²) >= 11 is 0. The van der Waals surface area contributed by atoms with Crippen LogP contribution in [0.3, 0.4) is 0 Å². The first-order chi connectivity index (χ1) is 54.5. The van der Waals surface area contributed by atoms with Crippen molar-refractivity contribution in [3.8, 4) is 135 Å². The first-order valence-corrected chi connectivity index (χ1v) is 41.7. The maximum atomic E-state index is 5.13.